The number of rotatable bonds is 6. The number of phenolic OH excluding ortho intramolecular Hbond substituents is 1. The Morgan fingerprint density at radius 3 is 2.73 bits per heavy atom. The van der Waals surface area contributed by atoms with E-state index >= 15 is 0 Å². The summed E-state index contributed by atoms with van der Waals surface area (Å²) in [6.45, 7) is 4.05. The first kappa shape index (κ1) is 26.8. The lowest BCUT2D eigenvalue weighted by molar-refractivity contribution is -0.201. The molecule has 2 N–H and O–H groups in total. The molecule has 9 heteroatoms. The molecule has 3 aliphatic carbocycles. The van der Waals surface area contributed by atoms with Crippen molar-refractivity contribution in [2.45, 2.75) is 80.8 Å². The lowest BCUT2D eigenvalue weighted by atomic mass is 9.48. The average Bonchev–Trinajstić information content (AvgIpc) is 3.68. The average molecular weight is 569 g/mol. The first-order valence-electron chi connectivity index (χ1n) is 14.7. The van der Waals surface area contributed by atoms with Crippen LogP contribution in [-0.2, 0) is 22.8 Å². The van der Waals surface area contributed by atoms with Crippen molar-refractivity contribution in [1.29, 1.82) is 0 Å². The molecule has 5 aliphatic rings. The lowest BCUT2D eigenvalue weighted by Crippen LogP contribution is -2.78. The number of benzene rings is 2. The van der Waals surface area contributed by atoms with Gasteiger partial charge in [0.05, 0.1) is 22.6 Å². The highest BCUT2D eigenvalue weighted by Gasteiger charge is 2.73. The van der Waals surface area contributed by atoms with Gasteiger partial charge in [-0.1, -0.05) is 18.2 Å². The van der Waals surface area contributed by atoms with Crippen molar-refractivity contribution in [2.75, 3.05) is 19.6 Å². The third-order valence-electron chi connectivity index (χ3n) is 10.4. The summed E-state index contributed by atoms with van der Waals surface area (Å²) >= 11 is 0. The van der Waals surface area contributed by atoms with Crippen LogP contribution in [-0.4, -0.2) is 69.3 Å². The van der Waals surface area contributed by atoms with E-state index in [0.717, 1.165) is 36.3 Å². The summed E-state index contributed by atoms with van der Waals surface area (Å²) in [6, 6.07) is 8.10. The van der Waals surface area contributed by atoms with Gasteiger partial charge in [0, 0.05) is 30.8 Å². The highest BCUT2D eigenvalue weighted by Crippen LogP contribution is 2.66. The molecule has 2 aromatic carbocycles. The molecule has 5 atom stereocenters. The number of alkyl halides is 3. The zero-order chi connectivity index (χ0) is 28.7. The molecule has 0 aromatic heterocycles. The monoisotopic (exact) mass is 568 g/mol. The summed E-state index contributed by atoms with van der Waals surface area (Å²) in [5, 5.41) is 23.5. The van der Waals surface area contributed by atoms with Crippen LogP contribution in [0.5, 0.6) is 11.5 Å². The van der Waals surface area contributed by atoms with Crippen LogP contribution in [0.4, 0.5) is 13.2 Å². The van der Waals surface area contributed by atoms with Crippen LogP contribution >= 0.6 is 0 Å². The SMILES string of the molecule is CCN(C(=O)C=Cc1cccc(C(F)(F)F)c1)[C@@H]1CC[C@@]2(O)[C@H]3Cc4ccc(O)c5c4[C@@]2(CCN3CC2CC2)[C@H]1O5. The Morgan fingerprint density at radius 1 is 1.20 bits per heavy atom. The Morgan fingerprint density at radius 2 is 2.00 bits per heavy atom. The maximum Gasteiger partial charge on any atom is 0.416 e. The van der Waals surface area contributed by atoms with Crippen LogP contribution in [0.15, 0.2) is 42.5 Å². The van der Waals surface area contributed by atoms with Gasteiger partial charge in [-0.05, 0) is 93.3 Å². The van der Waals surface area contributed by atoms with E-state index in [-0.39, 0.29) is 29.3 Å². The number of likely N-dealkylation sites (N-methyl/N-ethyl adjacent to an activating group) is 1. The topological polar surface area (TPSA) is 73.2 Å². The van der Waals surface area contributed by atoms with Gasteiger partial charge in [0.2, 0.25) is 5.91 Å². The number of amides is 1. The maximum atomic E-state index is 13.6. The van der Waals surface area contributed by atoms with E-state index in [4.69, 9.17) is 4.74 Å². The number of ether oxygens (including phenoxy) is 1. The van der Waals surface area contributed by atoms with Crippen LogP contribution in [0, 0.1) is 5.92 Å². The van der Waals surface area contributed by atoms with Gasteiger partial charge in [-0.15, -0.1) is 0 Å². The first-order valence-corrected chi connectivity index (χ1v) is 14.7. The summed E-state index contributed by atoms with van der Waals surface area (Å²) in [5.41, 5.74) is -0.282. The summed E-state index contributed by atoms with van der Waals surface area (Å²) in [5.74, 6) is 0.841. The molecule has 1 spiro atoms. The Balaban J connectivity index is 1.23. The van der Waals surface area contributed by atoms with E-state index in [9.17, 15) is 28.2 Å². The van der Waals surface area contributed by atoms with E-state index < -0.39 is 28.9 Å². The van der Waals surface area contributed by atoms with Crippen LogP contribution in [0.1, 0.15) is 61.3 Å². The van der Waals surface area contributed by atoms with Gasteiger partial charge in [-0.2, -0.15) is 13.2 Å². The van der Waals surface area contributed by atoms with E-state index in [1.807, 2.05) is 13.0 Å². The molecule has 6 nitrogen and oxygen atoms in total. The van der Waals surface area contributed by atoms with Crippen molar-refractivity contribution < 1.29 is 32.9 Å². The fourth-order valence-corrected chi connectivity index (χ4v) is 8.41. The molecule has 2 aromatic rings. The minimum absolute atomic E-state index is 0.0475. The van der Waals surface area contributed by atoms with Gasteiger partial charge in [-0.3, -0.25) is 9.69 Å². The van der Waals surface area contributed by atoms with Crippen molar-refractivity contribution in [1.82, 2.24) is 9.80 Å². The zero-order valence-electron chi connectivity index (χ0n) is 23.0. The van der Waals surface area contributed by atoms with Crippen LogP contribution in [0.2, 0.25) is 0 Å². The normalized spacial score (nSPS) is 32.1. The number of halogens is 3. The number of aromatic hydroxyl groups is 1. The van der Waals surface area contributed by atoms with Crippen molar-refractivity contribution in [3.63, 3.8) is 0 Å². The van der Waals surface area contributed by atoms with Gasteiger partial charge < -0.3 is 19.8 Å². The number of hydrogen-bond donors (Lipinski definition) is 2. The van der Waals surface area contributed by atoms with E-state index in [1.54, 1.807) is 11.0 Å². The number of carbonyl (C=O) groups is 1. The quantitative estimate of drug-likeness (QED) is 0.485. The minimum Gasteiger partial charge on any atom is -0.504 e. The number of piperidine rings is 1. The third kappa shape index (κ3) is 3.95. The van der Waals surface area contributed by atoms with E-state index in [2.05, 4.69) is 4.90 Å². The van der Waals surface area contributed by atoms with Gasteiger partial charge >= 0.3 is 6.18 Å². The highest BCUT2D eigenvalue weighted by molar-refractivity contribution is 5.92. The molecule has 1 amide bonds. The van der Waals surface area contributed by atoms with Crippen molar-refractivity contribution in [2.24, 2.45) is 5.92 Å². The Bertz CT molecular complexity index is 1420. The van der Waals surface area contributed by atoms with Crippen molar-refractivity contribution in [3.8, 4) is 11.5 Å². The van der Waals surface area contributed by atoms with E-state index in [0.29, 0.717) is 43.9 Å². The Labute approximate surface area is 237 Å². The number of phenols is 1. The second kappa shape index (κ2) is 9.23. The van der Waals surface area contributed by atoms with Gasteiger partial charge in [-0.25, -0.2) is 0 Å². The molecule has 2 heterocycles. The van der Waals surface area contributed by atoms with Crippen LogP contribution < -0.4 is 4.74 Å². The van der Waals surface area contributed by atoms with E-state index in [1.165, 1.54) is 37.1 Å². The summed E-state index contributed by atoms with van der Waals surface area (Å²) in [6.07, 6.45) is 2.59. The summed E-state index contributed by atoms with van der Waals surface area (Å²) < 4.78 is 46.2. The largest absolute Gasteiger partial charge is 0.504 e. The molecule has 0 radical (unpaired) electrons. The molecule has 1 saturated heterocycles. The predicted octanol–water partition coefficient (Wildman–Crippen LogP) is 4.91. The lowest BCUT2D eigenvalue weighted by Gasteiger charge is -2.64. The smallest absolute Gasteiger partial charge is 0.416 e. The molecular formula is C32H35F3N2O4. The summed E-state index contributed by atoms with van der Waals surface area (Å²) in [7, 11) is 0. The van der Waals surface area contributed by atoms with Gasteiger partial charge in [0.25, 0.3) is 0 Å². The van der Waals surface area contributed by atoms with Gasteiger partial charge in [0.15, 0.2) is 11.5 Å². The van der Waals surface area contributed by atoms with Crippen LogP contribution in [0.3, 0.4) is 0 Å². The van der Waals surface area contributed by atoms with Crippen LogP contribution in [0.25, 0.3) is 6.08 Å². The molecule has 3 fully saturated rings. The predicted molar refractivity (Wildman–Crippen MR) is 146 cm³/mol. The number of likely N-dealkylation sites (tertiary alicyclic amines) is 1. The highest BCUT2D eigenvalue weighted by atomic mass is 19.4. The number of nitrogens with zero attached hydrogens (tertiary/aromatic N) is 2. The van der Waals surface area contributed by atoms with Gasteiger partial charge in [0.1, 0.15) is 6.10 Å². The molecule has 7 rings (SSSR count). The summed E-state index contributed by atoms with van der Waals surface area (Å²) in [4.78, 5) is 17.8. The molecular weight excluding hydrogens is 533 g/mol. The fraction of sp³-hybridized carbons (Fsp3) is 0.531. The number of aliphatic hydroxyl groups is 1. The third-order valence-corrected chi connectivity index (χ3v) is 10.4. The maximum absolute atomic E-state index is 13.6. The molecule has 2 saturated carbocycles. The molecule has 218 valence electrons. The Hall–Kier alpha value is -3.04. The standard InChI is InChI=1S/C32H35F3N2O4/c1-2-37(26(39)11-8-19-4-3-5-22(16-19)32(33,34)35)23-12-13-31(40)25-17-21-9-10-24(38)28-27(21)30(31,29(23)41-28)14-15-36(25)18-20-6-7-20/h3-5,8-11,16,20,23,25,29,38,40H,2,6-7,12-15,17-18H2,1H3/t23-,25-,29+,30+,31-/m1/s1. The molecule has 2 bridgehead atoms. The molecule has 2 aliphatic heterocycles. The number of hydrogen-bond acceptors (Lipinski definition) is 5. The Kier molecular flexibility index (Phi) is 6.04. The fourth-order valence-electron chi connectivity index (χ4n) is 8.41. The second-order valence-electron chi connectivity index (χ2n) is 12.5. The minimum atomic E-state index is -4.47. The molecule has 0 unspecified atom stereocenters. The van der Waals surface area contributed by atoms with Crippen molar-refractivity contribution in [3.05, 3.63) is 64.7 Å². The zero-order valence-corrected chi connectivity index (χ0v) is 23.0. The number of carbonyl (C=O) groups excluding carboxylic acids is 1. The first-order chi connectivity index (χ1) is 19.6. The molecule has 41 heavy (non-hydrogen) atoms. The second-order valence-corrected chi connectivity index (χ2v) is 12.5. The van der Waals surface area contributed by atoms with Crippen molar-refractivity contribution >= 4 is 12.0 Å².